The highest BCUT2D eigenvalue weighted by molar-refractivity contribution is 6.30. The van der Waals surface area contributed by atoms with Gasteiger partial charge in [-0.15, -0.1) is 0 Å². The van der Waals surface area contributed by atoms with Crippen LogP contribution in [-0.4, -0.2) is 25.2 Å². The number of hydrogen-bond donors (Lipinski definition) is 2. The number of ether oxygens (including phenoxy) is 1. The highest BCUT2D eigenvalue weighted by Crippen LogP contribution is 2.24. The zero-order valence-electron chi connectivity index (χ0n) is 11.6. The Labute approximate surface area is 124 Å². The molecule has 1 fully saturated rings. The lowest BCUT2D eigenvalue weighted by molar-refractivity contribution is -0.118. The number of hydrogen-bond acceptors (Lipinski definition) is 3. The van der Waals surface area contributed by atoms with E-state index in [2.05, 4.69) is 12.2 Å². The Kier molecular flexibility index (Phi) is 5.40. The van der Waals surface area contributed by atoms with Gasteiger partial charge < -0.3 is 15.8 Å². The monoisotopic (exact) mass is 296 g/mol. The second kappa shape index (κ2) is 7.07. The number of carbonyl (C=O) groups excluding carboxylic acids is 1. The van der Waals surface area contributed by atoms with Crippen LogP contribution in [0.5, 0.6) is 0 Å². The van der Waals surface area contributed by atoms with Gasteiger partial charge in [-0.1, -0.05) is 23.7 Å². The van der Waals surface area contributed by atoms with Gasteiger partial charge in [0.1, 0.15) is 0 Å². The van der Waals surface area contributed by atoms with E-state index in [0.717, 1.165) is 25.2 Å². The maximum Gasteiger partial charge on any atom is 0.219 e. The molecule has 0 aliphatic carbocycles. The molecule has 3 N–H and O–H groups in total. The SMILES string of the molecule is CC(N[C@H](CC(N)=O)c1cccc(Cl)c1)C1CCOC1. The van der Waals surface area contributed by atoms with Gasteiger partial charge in [-0.2, -0.15) is 0 Å². The Hall–Kier alpha value is -1.10. The molecule has 110 valence electrons. The zero-order valence-corrected chi connectivity index (χ0v) is 12.4. The molecule has 1 amide bonds. The van der Waals surface area contributed by atoms with Gasteiger partial charge in [0.2, 0.25) is 5.91 Å². The van der Waals surface area contributed by atoms with E-state index in [1.54, 1.807) is 0 Å². The van der Waals surface area contributed by atoms with E-state index in [0.29, 0.717) is 10.9 Å². The van der Waals surface area contributed by atoms with E-state index < -0.39 is 0 Å². The predicted molar refractivity (Wildman–Crippen MR) is 79.5 cm³/mol. The molecule has 2 unspecified atom stereocenters. The smallest absolute Gasteiger partial charge is 0.219 e. The minimum absolute atomic E-state index is 0.109. The average molecular weight is 297 g/mol. The summed E-state index contributed by atoms with van der Waals surface area (Å²) in [5.74, 6) is 0.155. The minimum atomic E-state index is -0.322. The number of benzene rings is 1. The van der Waals surface area contributed by atoms with Crippen LogP contribution in [0.2, 0.25) is 5.02 Å². The Morgan fingerprint density at radius 2 is 2.40 bits per heavy atom. The van der Waals surface area contributed by atoms with E-state index in [9.17, 15) is 4.79 Å². The summed E-state index contributed by atoms with van der Waals surface area (Å²) >= 11 is 6.03. The minimum Gasteiger partial charge on any atom is -0.381 e. The zero-order chi connectivity index (χ0) is 14.5. The van der Waals surface area contributed by atoms with Crippen molar-refractivity contribution in [3.8, 4) is 0 Å². The fraction of sp³-hybridized carbons (Fsp3) is 0.533. The third-order valence-electron chi connectivity index (χ3n) is 3.79. The first-order valence-electron chi connectivity index (χ1n) is 6.94. The van der Waals surface area contributed by atoms with Gasteiger partial charge in [-0.05, 0) is 37.0 Å². The number of amides is 1. The molecule has 1 aromatic carbocycles. The molecule has 0 radical (unpaired) electrons. The van der Waals surface area contributed by atoms with Gasteiger partial charge in [0.05, 0.1) is 6.61 Å². The van der Waals surface area contributed by atoms with Crippen LogP contribution in [-0.2, 0) is 9.53 Å². The molecule has 3 atom stereocenters. The first kappa shape index (κ1) is 15.3. The molecule has 0 saturated carbocycles. The normalized spacial score (nSPS) is 21.6. The number of rotatable bonds is 6. The van der Waals surface area contributed by atoms with E-state index in [4.69, 9.17) is 22.1 Å². The predicted octanol–water partition coefficient (Wildman–Crippen LogP) is 2.27. The van der Waals surface area contributed by atoms with Crippen molar-refractivity contribution in [1.82, 2.24) is 5.32 Å². The van der Waals surface area contributed by atoms with Gasteiger partial charge in [-0.25, -0.2) is 0 Å². The first-order chi connectivity index (χ1) is 9.56. The molecule has 1 aromatic rings. The Bertz CT molecular complexity index is 461. The summed E-state index contributed by atoms with van der Waals surface area (Å²) in [6, 6.07) is 7.70. The van der Waals surface area contributed by atoms with Gasteiger partial charge in [0, 0.05) is 30.1 Å². The van der Waals surface area contributed by atoms with Gasteiger partial charge in [-0.3, -0.25) is 4.79 Å². The molecule has 0 aromatic heterocycles. The van der Waals surface area contributed by atoms with E-state index >= 15 is 0 Å². The number of carbonyl (C=O) groups is 1. The highest BCUT2D eigenvalue weighted by atomic mass is 35.5. The molecule has 1 heterocycles. The third-order valence-corrected chi connectivity index (χ3v) is 4.03. The lowest BCUT2D eigenvalue weighted by atomic mass is 9.96. The molecule has 0 bridgehead atoms. The van der Waals surface area contributed by atoms with Crippen molar-refractivity contribution in [3.05, 3.63) is 34.9 Å². The van der Waals surface area contributed by atoms with Crippen molar-refractivity contribution in [3.63, 3.8) is 0 Å². The lowest BCUT2D eigenvalue weighted by Gasteiger charge is -2.26. The van der Waals surface area contributed by atoms with Crippen molar-refractivity contribution in [2.75, 3.05) is 13.2 Å². The van der Waals surface area contributed by atoms with Crippen LogP contribution in [0.4, 0.5) is 0 Å². The summed E-state index contributed by atoms with van der Waals surface area (Å²) in [4.78, 5) is 11.3. The number of primary amides is 1. The van der Waals surface area contributed by atoms with Gasteiger partial charge in [0.15, 0.2) is 0 Å². The van der Waals surface area contributed by atoms with Crippen LogP contribution in [0.25, 0.3) is 0 Å². The lowest BCUT2D eigenvalue weighted by Crippen LogP contribution is -2.38. The average Bonchev–Trinajstić information content (AvgIpc) is 2.91. The van der Waals surface area contributed by atoms with Crippen molar-refractivity contribution >= 4 is 17.5 Å². The van der Waals surface area contributed by atoms with Crippen molar-refractivity contribution in [2.24, 2.45) is 11.7 Å². The van der Waals surface area contributed by atoms with Crippen LogP contribution in [0, 0.1) is 5.92 Å². The summed E-state index contributed by atoms with van der Waals surface area (Å²) in [5, 5.41) is 4.16. The third kappa shape index (κ3) is 4.20. The molecule has 1 aliphatic rings. The van der Waals surface area contributed by atoms with Crippen LogP contribution in [0.3, 0.4) is 0 Å². The molecule has 5 heteroatoms. The highest BCUT2D eigenvalue weighted by Gasteiger charge is 2.25. The fourth-order valence-electron chi connectivity index (χ4n) is 2.60. The Morgan fingerprint density at radius 1 is 1.60 bits per heavy atom. The maximum absolute atomic E-state index is 11.3. The van der Waals surface area contributed by atoms with Crippen molar-refractivity contribution in [2.45, 2.75) is 31.8 Å². The van der Waals surface area contributed by atoms with E-state index in [-0.39, 0.29) is 24.4 Å². The molecular weight excluding hydrogens is 276 g/mol. The Balaban J connectivity index is 2.08. The van der Waals surface area contributed by atoms with Gasteiger partial charge >= 0.3 is 0 Å². The summed E-state index contributed by atoms with van der Waals surface area (Å²) < 4.78 is 5.41. The van der Waals surface area contributed by atoms with Crippen molar-refractivity contribution < 1.29 is 9.53 Å². The molecular formula is C15H21ClN2O2. The molecule has 0 spiro atoms. The standard InChI is InChI=1S/C15H21ClN2O2/c1-10(12-5-6-20-9-12)18-14(8-15(17)19)11-3-2-4-13(16)7-11/h2-4,7,10,12,14,18H,5-6,8-9H2,1H3,(H2,17,19)/t10?,12?,14-/m1/s1. The number of nitrogens with two attached hydrogens (primary N) is 1. The van der Waals surface area contributed by atoms with Crippen LogP contribution in [0.15, 0.2) is 24.3 Å². The fourth-order valence-corrected chi connectivity index (χ4v) is 2.80. The Morgan fingerprint density at radius 3 is 3.00 bits per heavy atom. The molecule has 1 saturated heterocycles. The largest absolute Gasteiger partial charge is 0.381 e. The molecule has 1 aliphatic heterocycles. The quantitative estimate of drug-likeness (QED) is 0.846. The second-order valence-corrected chi connectivity index (χ2v) is 5.79. The second-order valence-electron chi connectivity index (χ2n) is 5.36. The van der Waals surface area contributed by atoms with Crippen LogP contribution >= 0.6 is 11.6 Å². The van der Waals surface area contributed by atoms with Crippen molar-refractivity contribution in [1.29, 1.82) is 0 Å². The summed E-state index contributed by atoms with van der Waals surface area (Å²) in [7, 11) is 0. The van der Waals surface area contributed by atoms with E-state index in [1.165, 1.54) is 0 Å². The number of halogens is 1. The summed E-state index contributed by atoms with van der Waals surface area (Å²) in [6.45, 7) is 3.71. The molecule has 20 heavy (non-hydrogen) atoms. The summed E-state index contributed by atoms with van der Waals surface area (Å²) in [6.07, 6.45) is 1.31. The summed E-state index contributed by atoms with van der Waals surface area (Å²) in [5.41, 5.74) is 6.35. The van der Waals surface area contributed by atoms with Crippen LogP contribution < -0.4 is 11.1 Å². The maximum atomic E-state index is 11.3. The number of nitrogens with one attached hydrogen (secondary N) is 1. The molecule has 2 rings (SSSR count). The molecule has 4 nitrogen and oxygen atoms in total. The van der Waals surface area contributed by atoms with E-state index in [1.807, 2.05) is 24.3 Å². The topological polar surface area (TPSA) is 64.3 Å². The van der Waals surface area contributed by atoms with Gasteiger partial charge in [0.25, 0.3) is 0 Å². The van der Waals surface area contributed by atoms with Crippen LogP contribution in [0.1, 0.15) is 31.4 Å². The first-order valence-corrected chi connectivity index (χ1v) is 7.31.